The minimum absolute atomic E-state index is 0.159. The normalized spacial score (nSPS) is 10.7. The highest BCUT2D eigenvalue weighted by molar-refractivity contribution is 7.14. The second kappa shape index (κ2) is 7.72. The van der Waals surface area contributed by atoms with E-state index in [1.807, 2.05) is 18.2 Å². The lowest BCUT2D eigenvalue weighted by atomic mass is 10.1. The summed E-state index contributed by atoms with van der Waals surface area (Å²) in [5, 5.41) is 7.12. The molecule has 0 radical (unpaired) electrons. The molecule has 0 unspecified atom stereocenters. The van der Waals surface area contributed by atoms with Crippen LogP contribution in [-0.2, 0) is 4.79 Å². The van der Waals surface area contributed by atoms with E-state index in [-0.39, 0.29) is 17.2 Å². The minimum Gasteiger partial charge on any atom is -0.326 e. The summed E-state index contributed by atoms with van der Waals surface area (Å²) in [6, 6.07) is 11.6. The maximum absolute atomic E-state index is 14.4. The fourth-order valence-electron chi connectivity index (χ4n) is 2.69. The average Bonchev–Trinajstić information content (AvgIpc) is 3.15. The summed E-state index contributed by atoms with van der Waals surface area (Å²) in [6.07, 6.45) is 1.40. The largest absolute Gasteiger partial charge is 0.326 e. The first-order valence-electron chi connectivity index (χ1n) is 8.56. The molecule has 0 bridgehead atoms. The number of para-hydroxylation sites is 2. The molecule has 4 aromatic rings. The molecule has 0 aliphatic carbocycles. The second-order valence-corrected chi connectivity index (χ2v) is 6.97. The Morgan fingerprint density at radius 2 is 1.83 bits per heavy atom. The van der Waals surface area contributed by atoms with Crippen molar-refractivity contribution in [1.82, 2.24) is 15.0 Å². The quantitative estimate of drug-likeness (QED) is 0.531. The summed E-state index contributed by atoms with van der Waals surface area (Å²) in [7, 11) is 0. The van der Waals surface area contributed by atoms with Gasteiger partial charge in [0.1, 0.15) is 11.5 Å². The zero-order chi connectivity index (χ0) is 20.4. The number of nitrogens with one attached hydrogen (secondary N) is 2. The van der Waals surface area contributed by atoms with Gasteiger partial charge in [0.15, 0.2) is 5.13 Å². The predicted octanol–water partition coefficient (Wildman–Crippen LogP) is 4.10. The molecule has 0 aliphatic heterocycles. The summed E-state index contributed by atoms with van der Waals surface area (Å²) in [5.74, 6) is -1.27. The van der Waals surface area contributed by atoms with Crippen LogP contribution in [0.5, 0.6) is 0 Å². The highest BCUT2D eigenvalue weighted by atomic mass is 32.1. The van der Waals surface area contributed by atoms with Crippen molar-refractivity contribution in [2.24, 2.45) is 0 Å². The highest BCUT2D eigenvalue weighted by Gasteiger charge is 2.14. The number of aromatic nitrogens is 3. The fraction of sp³-hybridized carbons (Fsp3) is 0.0500. The molecule has 0 fully saturated rings. The van der Waals surface area contributed by atoms with Crippen LogP contribution >= 0.6 is 11.3 Å². The number of amides is 2. The molecule has 0 atom stereocenters. The van der Waals surface area contributed by atoms with Crippen LogP contribution in [0, 0.1) is 5.82 Å². The Hall–Kier alpha value is -3.72. The molecule has 0 saturated carbocycles. The molecular formula is C20H14FN5O2S. The maximum atomic E-state index is 14.4. The van der Waals surface area contributed by atoms with E-state index >= 15 is 0 Å². The average molecular weight is 407 g/mol. The van der Waals surface area contributed by atoms with Crippen molar-refractivity contribution in [2.75, 3.05) is 10.6 Å². The van der Waals surface area contributed by atoms with Crippen LogP contribution in [0.4, 0.5) is 15.2 Å². The molecule has 29 heavy (non-hydrogen) atoms. The zero-order valence-electron chi connectivity index (χ0n) is 15.1. The van der Waals surface area contributed by atoms with Crippen LogP contribution in [0.3, 0.4) is 0 Å². The van der Waals surface area contributed by atoms with Crippen molar-refractivity contribution in [1.29, 1.82) is 0 Å². The molecule has 2 aromatic heterocycles. The fourth-order valence-corrected chi connectivity index (χ4v) is 3.39. The smallest absolute Gasteiger partial charge is 0.277 e. The molecule has 2 heterocycles. The number of hydrogen-bond donors (Lipinski definition) is 2. The van der Waals surface area contributed by atoms with E-state index in [2.05, 4.69) is 25.6 Å². The van der Waals surface area contributed by atoms with Gasteiger partial charge in [0.2, 0.25) is 5.91 Å². The Bertz CT molecular complexity index is 1240. The third-order valence-electron chi connectivity index (χ3n) is 3.97. The van der Waals surface area contributed by atoms with Gasteiger partial charge in [-0.25, -0.2) is 14.4 Å². The van der Waals surface area contributed by atoms with Crippen LogP contribution in [0.1, 0.15) is 17.4 Å². The van der Waals surface area contributed by atoms with E-state index < -0.39 is 11.7 Å². The number of rotatable bonds is 4. The second-order valence-electron chi connectivity index (χ2n) is 6.11. The summed E-state index contributed by atoms with van der Waals surface area (Å²) in [6.45, 7) is 1.35. The van der Waals surface area contributed by atoms with Gasteiger partial charge in [0.05, 0.1) is 22.9 Å². The summed E-state index contributed by atoms with van der Waals surface area (Å²) in [5.41, 5.74) is 2.46. The molecule has 2 aromatic carbocycles. The van der Waals surface area contributed by atoms with E-state index in [4.69, 9.17) is 0 Å². The molecule has 0 aliphatic rings. The van der Waals surface area contributed by atoms with Gasteiger partial charge in [-0.2, -0.15) is 0 Å². The predicted molar refractivity (Wildman–Crippen MR) is 109 cm³/mol. The van der Waals surface area contributed by atoms with Crippen LogP contribution in [0.15, 0.2) is 54.0 Å². The van der Waals surface area contributed by atoms with Crippen molar-refractivity contribution in [3.8, 4) is 11.3 Å². The Kier molecular flexibility index (Phi) is 4.96. The number of carbonyl (C=O) groups excluding carboxylic acids is 2. The Labute approximate surface area is 168 Å². The van der Waals surface area contributed by atoms with E-state index in [0.29, 0.717) is 27.5 Å². The van der Waals surface area contributed by atoms with Gasteiger partial charge in [0.25, 0.3) is 5.91 Å². The van der Waals surface area contributed by atoms with E-state index in [0.717, 1.165) is 0 Å². The van der Waals surface area contributed by atoms with Crippen LogP contribution in [0.2, 0.25) is 0 Å². The Morgan fingerprint density at radius 3 is 2.59 bits per heavy atom. The standard InChI is InChI=1S/C20H14FN5O2S/c1-11(27)23-12-6-7-13(14(21)8-12)18-10-29-20(25-18)26-19(28)17-9-22-15-4-2-3-5-16(15)24-17/h2-10H,1H3,(H,23,27)(H,25,26,28). The van der Waals surface area contributed by atoms with Crippen molar-refractivity contribution < 1.29 is 14.0 Å². The first-order valence-corrected chi connectivity index (χ1v) is 9.44. The van der Waals surface area contributed by atoms with Crippen molar-refractivity contribution in [3.05, 3.63) is 65.6 Å². The molecule has 0 spiro atoms. The first-order chi connectivity index (χ1) is 14.0. The Balaban J connectivity index is 1.53. The van der Waals surface area contributed by atoms with Crippen molar-refractivity contribution in [3.63, 3.8) is 0 Å². The molecule has 2 amide bonds. The number of anilines is 2. The maximum Gasteiger partial charge on any atom is 0.277 e. The van der Waals surface area contributed by atoms with Gasteiger partial charge < -0.3 is 5.32 Å². The minimum atomic E-state index is -0.528. The Morgan fingerprint density at radius 1 is 1.03 bits per heavy atom. The SMILES string of the molecule is CC(=O)Nc1ccc(-c2csc(NC(=O)c3cnc4ccccc4n3)n2)c(F)c1. The number of thiazole rings is 1. The van der Waals surface area contributed by atoms with Gasteiger partial charge >= 0.3 is 0 Å². The van der Waals surface area contributed by atoms with Crippen LogP contribution in [-0.4, -0.2) is 26.8 Å². The molecule has 144 valence electrons. The van der Waals surface area contributed by atoms with Gasteiger partial charge in [0, 0.05) is 23.6 Å². The first kappa shape index (κ1) is 18.6. The van der Waals surface area contributed by atoms with Gasteiger partial charge in [-0.3, -0.25) is 19.9 Å². The molecule has 9 heteroatoms. The summed E-state index contributed by atoms with van der Waals surface area (Å²) >= 11 is 1.17. The van der Waals surface area contributed by atoms with Crippen LogP contribution in [0.25, 0.3) is 22.3 Å². The molecule has 4 rings (SSSR count). The number of hydrogen-bond acceptors (Lipinski definition) is 6. The topological polar surface area (TPSA) is 96.9 Å². The molecule has 0 saturated heterocycles. The van der Waals surface area contributed by atoms with E-state index in [9.17, 15) is 14.0 Å². The number of benzene rings is 2. The molecule has 7 nitrogen and oxygen atoms in total. The van der Waals surface area contributed by atoms with E-state index in [1.165, 1.54) is 36.6 Å². The number of nitrogens with zero attached hydrogens (tertiary/aromatic N) is 3. The van der Waals surface area contributed by atoms with Gasteiger partial charge in [-0.15, -0.1) is 11.3 Å². The van der Waals surface area contributed by atoms with Gasteiger partial charge in [-0.1, -0.05) is 12.1 Å². The summed E-state index contributed by atoms with van der Waals surface area (Å²) in [4.78, 5) is 36.3. The molecule has 2 N–H and O–H groups in total. The van der Waals surface area contributed by atoms with Crippen LogP contribution < -0.4 is 10.6 Å². The third-order valence-corrected chi connectivity index (χ3v) is 4.73. The number of carbonyl (C=O) groups is 2. The summed E-state index contributed by atoms with van der Waals surface area (Å²) < 4.78 is 14.4. The lowest BCUT2D eigenvalue weighted by Crippen LogP contribution is -2.14. The van der Waals surface area contributed by atoms with E-state index in [1.54, 1.807) is 17.5 Å². The zero-order valence-corrected chi connectivity index (χ0v) is 16.0. The monoisotopic (exact) mass is 407 g/mol. The number of fused-ring (bicyclic) bond motifs is 1. The van der Waals surface area contributed by atoms with Crippen molar-refractivity contribution >= 4 is 45.0 Å². The highest BCUT2D eigenvalue weighted by Crippen LogP contribution is 2.29. The lowest BCUT2D eigenvalue weighted by molar-refractivity contribution is -0.114. The van der Waals surface area contributed by atoms with Crippen molar-refractivity contribution in [2.45, 2.75) is 6.92 Å². The molecular weight excluding hydrogens is 393 g/mol. The van der Waals surface area contributed by atoms with Gasteiger partial charge in [-0.05, 0) is 30.3 Å². The lowest BCUT2D eigenvalue weighted by Gasteiger charge is -2.05. The third kappa shape index (κ3) is 4.09. The number of halogens is 1.